The van der Waals surface area contributed by atoms with E-state index in [1.54, 1.807) is 11.1 Å². The second-order valence-corrected chi connectivity index (χ2v) is 10.8. The Labute approximate surface area is 180 Å². The van der Waals surface area contributed by atoms with E-state index in [9.17, 15) is 5.11 Å². The van der Waals surface area contributed by atoms with Crippen LogP contribution in [0.1, 0.15) is 79.6 Å². The normalized spacial score (nSPS) is 28.4. The molecule has 0 saturated carbocycles. The minimum Gasteiger partial charge on any atom is -0.396 e. The molecule has 4 heteroatoms. The summed E-state index contributed by atoms with van der Waals surface area (Å²) in [7, 11) is 0. The topological polar surface area (TPSA) is 30.0 Å². The molecule has 3 rings (SSSR count). The van der Waals surface area contributed by atoms with Gasteiger partial charge in [0.25, 0.3) is 0 Å². The Balaban J connectivity index is 1.55. The molecule has 0 radical (unpaired) electrons. The highest BCUT2D eigenvalue weighted by Gasteiger charge is 2.34. The molecule has 1 aliphatic carbocycles. The molecular formula is C25H47N3O. The Hall–Kier alpha value is -0.420. The number of aliphatic hydroxyl groups excluding tert-OH is 1. The van der Waals surface area contributed by atoms with Crippen LogP contribution in [0, 0.1) is 5.41 Å². The molecule has 2 fully saturated rings. The summed E-state index contributed by atoms with van der Waals surface area (Å²) in [5, 5.41) is 9.71. The van der Waals surface area contributed by atoms with Gasteiger partial charge in [-0.1, -0.05) is 25.0 Å². The fourth-order valence-corrected chi connectivity index (χ4v) is 6.25. The maximum Gasteiger partial charge on any atom is 0.0446 e. The highest BCUT2D eigenvalue weighted by atomic mass is 16.3. The molecule has 4 nitrogen and oxygen atoms in total. The molecular weight excluding hydrogens is 358 g/mol. The molecule has 168 valence electrons. The number of likely N-dealkylation sites (tertiary alicyclic amines) is 1. The lowest BCUT2D eigenvalue weighted by Crippen LogP contribution is -2.59. The summed E-state index contributed by atoms with van der Waals surface area (Å²) in [6, 6.07) is 1.91. The van der Waals surface area contributed by atoms with E-state index in [-0.39, 0.29) is 0 Å². The van der Waals surface area contributed by atoms with Crippen LogP contribution in [0.5, 0.6) is 0 Å². The molecule has 2 saturated heterocycles. The summed E-state index contributed by atoms with van der Waals surface area (Å²) in [6.07, 6.45) is 8.74. The van der Waals surface area contributed by atoms with Crippen LogP contribution >= 0.6 is 0 Å². The molecule has 2 heterocycles. The maximum absolute atomic E-state index is 9.71. The van der Waals surface area contributed by atoms with Gasteiger partial charge in [-0.15, -0.1) is 0 Å². The smallest absolute Gasteiger partial charge is 0.0446 e. The third-order valence-electron chi connectivity index (χ3n) is 8.14. The molecule has 0 aromatic carbocycles. The highest BCUT2D eigenvalue weighted by Crippen LogP contribution is 2.41. The van der Waals surface area contributed by atoms with Gasteiger partial charge in [-0.25, -0.2) is 0 Å². The second kappa shape index (κ2) is 10.3. The maximum atomic E-state index is 9.71. The first-order chi connectivity index (χ1) is 13.8. The third kappa shape index (κ3) is 5.84. The number of hydrogen-bond acceptors (Lipinski definition) is 4. The standard InChI is InChI=1S/C25H47N3O/c1-20(2)27-14-8-22(9-15-27)28-17-16-26(19-23(28)11-18-29)13-10-24-21(3)7-6-12-25(24,4)5/h20,22-23,29H,6-19H2,1-5H3. The molecule has 1 N–H and O–H groups in total. The molecule has 0 bridgehead atoms. The van der Waals surface area contributed by atoms with E-state index in [2.05, 4.69) is 49.3 Å². The largest absolute Gasteiger partial charge is 0.396 e. The summed E-state index contributed by atoms with van der Waals surface area (Å²) in [4.78, 5) is 8.07. The van der Waals surface area contributed by atoms with Gasteiger partial charge in [0.05, 0.1) is 0 Å². The van der Waals surface area contributed by atoms with E-state index in [0.717, 1.165) is 13.0 Å². The molecule has 29 heavy (non-hydrogen) atoms. The fraction of sp³-hybridized carbons (Fsp3) is 0.920. The minimum atomic E-state index is 0.317. The molecule has 0 amide bonds. The van der Waals surface area contributed by atoms with Crippen LogP contribution in [-0.2, 0) is 0 Å². The zero-order valence-electron chi connectivity index (χ0n) is 19.9. The number of aliphatic hydroxyl groups is 1. The molecule has 1 unspecified atom stereocenters. The van der Waals surface area contributed by atoms with Crippen molar-refractivity contribution in [2.24, 2.45) is 5.41 Å². The van der Waals surface area contributed by atoms with Crippen LogP contribution in [0.3, 0.4) is 0 Å². The van der Waals surface area contributed by atoms with Crippen LogP contribution < -0.4 is 0 Å². The van der Waals surface area contributed by atoms with E-state index in [1.165, 1.54) is 71.2 Å². The SMILES string of the molecule is CC1=C(CCN2CCN(C3CCN(C(C)C)CC3)C(CCO)C2)C(C)(C)CCC1. The Bertz CT molecular complexity index is 548. The number of piperidine rings is 1. The Morgan fingerprint density at radius 3 is 2.45 bits per heavy atom. The number of nitrogens with zero attached hydrogens (tertiary/aromatic N) is 3. The van der Waals surface area contributed by atoms with Gasteiger partial charge in [-0.3, -0.25) is 4.90 Å². The van der Waals surface area contributed by atoms with Gasteiger partial charge in [0.15, 0.2) is 0 Å². The Morgan fingerprint density at radius 2 is 1.83 bits per heavy atom. The number of rotatable bonds is 7. The Kier molecular flexibility index (Phi) is 8.22. The van der Waals surface area contributed by atoms with Gasteiger partial charge < -0.3 is 14.9 Å². The van der Waals surface area contributed by atoms with Crippen LogP contribution in [0.2, 0.25) is 0 Å². The lowest BCUT2D eigenvalue weighted by Gasteiger charge is -2.48. The van der Waals surface area contributed by atoms with Crippen molar-refractivity contribution >= 4 is 0 Å². The van der Waals surface area contributed by atoms with Crippen molar-refractivity contribution in [2.45, 2.75) is 97.7 Å². The van der Waals surface area contributed by atoms with Crippen LogP contribution in [-0.4, -0.2) is 83.8 Å². The number of hydrogen-bond donors (Lipinski definition) is 1. The van der Waals surface area contributed by atoms with Crippen LogP contribution in [0.15, 0.2) is 11.1 Å². The summed E-state index contributed by atoms with van der Waals surface area (Å²) < 4.78 is 0. The van der Waals surface area contributed by atoms with Crippen LogP contribution in [0.4, 0.5) is 0 Å². The van der Waals surface area contributed by atoms with Gasteiger partial charge in [0, 0.05) is 50.9 Å². The molecule has 3 aliphatic rings. The van der Waals surface area contributed by atoms with Crippen molar-refractivity contribution in [2.75, 3.05) is 45.9 Å². The first-order valence-corrected chi connectivity index (χ1v) is 12.3. The zero-order chi connectivity index (χ0) is 21.0. The predicted octanol–water partition coefficient (Wildman–Crippen LogP) is 4.14. The predicted molar refractivity (Wildman–Crippen MR) is 123 cm³/mol. The minimum absolute atomic E-state index is 0.317. The average Bonchev–Trinajstić information content (AvgIpc) is 2.68. The van der Waals surface area contributed by atoms with E-state index in [1.807, 2.05) is 0 Å². The lowest BCUT2D eigenvalue weighted by atomic mass is 9.71. The lowest BCUT2D eigenvalue weighted by molar-refractivity contribution is 0.00229. The van der Waals surface area contributed by atoms with Gasteiger partial charge in [0.1, 0.15) is 0 Å². The van der Waals surface area contributed by atoms with Crippen molar-refractivity contribution in [3.8, 4) is 0 Å². The van der Waals surface area contributed by atoms with Gasteiger partial charge >= 0.3 is 0 Å². The van der Waals surface area contributed by atoms with Gasteiger partial charge in [-0.05, 0) is 84.2 Å². The molecule has 1 atom stereocenters. The average molecular weight is 406 g/mol. The quantitative estimate of drug-likeness (QED) is 0.645. The first kappa shape index (κ1) is 23.2. The van der Waals surface area contributed by atoms with Crippen molar-refractivity contribution < 1.29 is 5.11 Å². The second-order valence-electron chi connectivity index (χ2n) is 10.8. The zero-order valence-corrected chi connectivity index (χ0v) is 19.9. The number of allylic oxidation sites excluding steroid dienone is 1. The first-order valence-electron chi connectivity index (χ1n) is 12.3. The highest BCUT2D eigenvalue weighted by molar-refractivity contribution is 5.22. The third-order valence-corrected chi connectivity index (χ3v) is 8.14. The van der Waals surface area contributed by atoms with Crippen molar-refractivity contribution in [3.63, 3.8) is 0 Å². The van der Waals surface area contributed by atoms with E-state index >= 15 is 0 Å². The van der Waals surface area contributed by atoms with Crippen molar-refractivity contribution in [3.05, 3.63) is 11.1 Å². The Morgan fingerprint density at radius 1 is 1.10 bits per heavy atom. The van der Waals surface area contributed by atoms with Crippen molar-refractivity contribution in [1.29, 1.82) is 0 Å². The fourth-order valence-electron chi connectivity index (χ4n) is 6.25. The van der Waals surface area contributed by atoms with Gasteiger partial charge in [-0.2, -0.15) is 0 Å². The van der Waals surface area contributed by atoms with E-state index < -0.39 is 0 Å². The summed E-state index contributed by atoms with van der Waals surface area (Å²) in [5.74, 6) is 0. The monoisotopic (exact) mass is 405 g/mol. The number of piperazine rings is 1. The molecule has 0 spiro atoms. The molecule has 0 aromatic heterocycles. The molecule has 0 aromatic rings. The van der Waals surface area contributed by atoms with E-state index in [4.69, 9.17) is 0 Å². The van der Waals surface area contributed by atoms with Crippen molar-refractivity contribution in [1.82, 2.24) is 14.7 Å². The summed E-state index contributed by atoms with van der Waals surface area (Å²) in [5.41, 5.74) is 3.77. The van der Waals surface area contributed by atoms with Gasteiger partial charge in [0.2, 0.25) is 0 Å². The summed E-state index contributed by atoms with van der Waals surface area (Å²) >= 11 is 0. The molecule has 2 aliphatic heterocycles. The van der Waals surface area contributed by atoms with Crippen LogP contribution in [0.25, 0.3) is 0 Å². The van der Waals surface area contributed by atoms with E-state index in [0.29, 0.717) is 30.1 Å². The summed E-state index contributed by atoms with van der Waals surface area (Å²) in [6.45, 7) is 19.4.